The highest BCUT2D eigenvalue weighted by molar-refractivity contribution is 7.77. The molecule has 190 valence electrons. The largest absolute Gasteiger partial charge is 0.497 e. The van der Waals surface area contributed by atoms with Crippen molar-refractivity contribution in [3.63, 3.8) is 0 Å². The van der Waals surface area contributed by atoms with Gasteiger partial charge in [0.05, 0.1) is 45.1 Å². The summed E-state index contributed by atoms with van der Waals surface area (Å²) < 4.78 is 32.1. The summed E-state index contributed by atoms with van der Waals surface area (Å²) in [7, 11) is 4.33. The van der Waals surface area contributed by atoms with E-state index in [-0.39, 0.29) is 40.8 Å². The lowest BCUT2D eigenvalue weighted by Gasteiger charge is -2.20. The Morgan fingerprint density at radius 2 is 1.94 bits per heavy atom. The average molecular weight is 516 g/mol. The summed E-state index contributed by atoms with van der Waals surface area (Å²) in [6, 6.07) is 3.82. The molecule has 3 heterocycles. The van der Waals surface area contributed by atoms with Crippen LogP contribution in [0.15, 0.2) is 41.8 Å². The molecule has 1 fully saturated rings. The lowest BCUT2D eigenvalue weighted by Crippen LogP contribution is -2.45. The second kappa shape index (κ2) is 11.7. The molecule has 0 saturated carbocycles. The zero-order valence-corrected chi connectivity index (χ0v) is 20.9. The summed E-state index contributed by atoms with van der Waals surface area (Å²) in [5.41, 5.74) is 0.0639. The van der Waals surface area contributed by atoms with Crippen LogP contribution in [-0.4, -0.2) is 65.8 Å². The van der Waals surface area contributed by atoms with E-state index >= 15 is 4.39 Å². The topological polar surface area (TPSA) is 117 Å². The van der Waals surface area contributed by atoms with Crippen molar-refractivity contribution in [2.24, 2.45) is 7.05 Å². The maximum atomic E-state index is 15.0. The number of benzene rings is 1. The molecule has 1 saturated heterocycles. The summed E-state index contributed by atoms with van der Waals surface area (Å²) >= 11 is 3.83. The van der Waals surface area contributed by atoms with Crippen molar-refractivity contribution in [3.8, 4) is 22.6 Å². The van der Waals surface area contributed by atoms with Crippen molar-refractivity contribution in [1.29, 1.82) is 0 Å². The maximum Gasteiger partial charge on any atom is 0.259 e. The van der Waals surface area contributed by atoms with Gasteiger partial charge < -0.3 is 24.8 Å². The number of hydrogen-bond donors (Lipinski definition) is 2. The number of carbonyl (C=O) groups excluding carboxylic acids is 1. The number of aromatic nitrogens is 3. The van der Waals surface area contributed by atoms with Gasteiger partial charge in [-0.05, 0) is 24.1 Å². The summed E-state index contributed by atoms with van der Waals surface area (Å²) in [6.45, 7) is 4.13. The predicted octanol–water partition coefficient (Wildman–Crippen LogP) is 2.25. The standard InChI is InChI=1S/C23H24FN5O5.CH2S/c1-5-19(30)26-16-10-34-11-17(16)27-23-25-9-12-6-15(22(31)29(2)21(12)28-23)14-7-13(32-3)8-18(33-4)20(14)24;1-2/h5-9,16-17H,1,10-11H2,2-4H3,(H,26,30)(H,25,27,28);1H2. The first-order valence-electron chi connectivity index (χ1n) is 10.7. The molecule has 12 heteroatoms. The SMILES string of the molecule is C=CC(=O)NC1COCC1Nc1ncc2cc(-c3cc(OC)cc(OC)c3F)c(=O)n(C)c2n1.C=S. The third-order valence-corrected chi connectivity index (χ3v) is 5.62. The molecule has 1 aliphatic rings. The van der Waals surface area contributed by atoms with E-state index in [9.17, 15) is 9.59 Å². The van der Waals surface area contributed by atoms with Gasteiger partial charge in [0.1, 0.15) is 11.4 Å². The van der Waals surface area contributed by atoms with Gasteiger partial charge in [-0.1, -0.05) is 18.8 Å². The Kier molecular flexibility index (Phi) is 8.67. The molecular weight excluding hydrogens is 489 g/mol. The van der Waals surface area contributed by atoms with Gasteiger partial charge in [0, 0.05) is 30.3 Å². The Balaban J connectivity index is 0.00000176. The summed E-state index contributed by atoms with van der Waals surface area (Å²) in [5, 5.41) is 6.47. The van der Waals surface area contributed by atoms with Gasteiger partial charge in [-0.2, -0.15) is 4.98 Å². The number of pyridine rings is 1. The summed E-state index contributed by atoms with van der Waals surface area (Å²) in [6.07, 6.45) is 2.73. The monoisotopic (exact) mass is 515 g/mol. The predicted molar refractivity (Wildman–Crippen MR) is 138 cm³/mol. The molecule has 0 bridgehead atoms. The first kappa shape index (κ1) is 26.7. The van der Waals surface area contributed by atoms with Crippen LogP contribution in [-0.2, 0) is 16.6 Å². The van der Waals surface area contributed by atoms with Crippen molar-refractivity contribution in [3.05, 3.63) is 53.2 Å². The lowest BCUT2D eigenvalue weighted by molar-refractivity contribution is -0.117. The number of thiocarbonyl (C=S) groups is 1. The molecule has 36 heavy (non-hydrogen) atoms. The van der Waals surface area contributed by atoms with Crippen LogP contribution < -0.4 is 25.7 Å². The number of nitrogens with one attached hydrogen (secondary N) is 2. The molecule has 10 nitrogen and oxygen atoms in total. The van der Waals surface area contributed by atoms with Crippen LogP contribution in [0.2, 0.25) is 0 Å². The van der Waals surface area contributed by atoms with E-state index in [2.05, 4.69) is 45.3 Å². The highest BCUT2D eigenvalue weighted by Gasteiger charge is 2.30. The van der Waals surface area contributed by atoms with E-state index in [1.807, 2.05) is 0 Å². The molecule has 2 N–H and O–H groups in total. The second-order valence-corrected chi connectivity index (χ2v) is 7.69. The molecule has 2 atom stereocenters. The van der Waals surface area contributed by atoms with Crippen LogP contribution in [0.5, 0.6) is 11.5 Å². The van der Waals surface area contributed by atoms with Crippen LogP contribution in [0.4, 0.5) is 10.3 Å². The van der Waals surface area contributed by atoms with Gasteiger partial charge in [0.2, 0.25) is 11.9 Å². The molecular formula is C24H26FN5O5S. The molecule has 1 amide bonds. The highest BCUT2D eigenvalue weighted by Crippen LogP contribution is 2.33. The Hall–Kier alpha value is -3.90. The fourth-order valence-electron chi connectivity index (χ4n) is 3.79. The number of aryl methyl sites for hydroxylation is 1. The molecule has 0 radical (unpaired) electrons. The maximum absolute atomic E-state index is 15.0. The second-order valence-electron chi connectivity index (χ2n) is 7.69. The van der Waals surface area contributed by atoms with Crippen molar-refractivity contribution < 1.29 is 23.4 Å². The number of hydrogen-bond acceptors (Lipinski definition) is 9. The minimum Gasteiger partial charge on any atom is -0.497 e. The number of ether oxygens (including phenoxy) is 3. The first-order chi connectivity index (χ1) is 17.4. The van der Waals surface area contributed by atoms with Gasteiger partial charge in [-0.25, -0.2) is 9.37 Å². The Morgan fingerprint density at radius 1 is 1.22 bits per heavy atom. The summed E-state index contributed by atoms with van der Waals surface area (Å²) in [5.74, 6) is 2.43. The number of methoxy groups -OCH3 is 2. The number of rotatable bonds is 7. The van der Waals surface area contributed by atoms with E-state index in [0.717, 1.165) is 0 Å². The van der Waals surface area contributed by atoms with Crippen LogP contribution in [0.1, 0.15) is 0 Å². The molecule has 2 unspecified atom stereocenters. The minimum atomic E-state index is -0.673. The van der Waals surface area contributed by atoms with Crippen molar-refractivity contribution in [2.75, 3.05) is 32.8 Å². The van der Waals surface area contributed by atoms with Crippen molar-refractivity contribution in [1.82, 2.24) is 19.9 Å². The summed E-state index contributed by atoms with van der Waals surface area (Å²) in [4.78, 5) is 33.6. The molecule has 4 rings (SSSR count). The quantitative estimate of drug-likeness (QED) is 0.361. The normalized spacial score (nSPS) is 16.6. The minimum absolute atomic E-state index is 0.0378. The molecule has 3 aromatic rings. The fourth-order valence-corrected chi connectivity index (χ4v) is 3.79. The first-order valence-corrected chi connectivity index (χ1v) is 11.3. The van der Waals surface area contributed by atoms with E-state index in [0.29, 0.717) is 30.0 Å². The molecule has 1 aromatic carbocycles. The third-order valence-electron chi connectivity index (χ3n) is 5.62. The van der Waals surface area contributed by atoms with Crippen LogP contribution in [0.3, 0.4) is 0 Å². The van der Waals surface area contributed by atoms with Crippen molar-refractivity contribution in [2.45, 2.75) is 12.1 Å². The third kappa shape index (κ3) is 5.34. The fraction of sp³-hybridized carbons (Fsp3) is 0.292. The smallest absolute Gasteiger partial charge is 0.259 e. The molecule has 2 aromatic heterocycles. The average Bonchev–Trinajstić information content (AvgIpc) is 3.33. The van der Waals surface area contributed by atoms with Crippen LogP contribution >= 0.6 is 12.2 Å². The number of amides is 1. The molecule has 0 aliphatic carbocycles. The number of halogens is 1. The Bertz CT molecular complexity index is 1350. The highest BCUT2D eigenvalue weighted by atomic mass is 32.1. The van der Waals surface area contributed by atoms with E-state index in [1.54, 1.807) is 7.05 Å². The van der Waals surface area contributed by atoms with Gasteiger partial charge in [-0.15, -0.1) is 0 Å². The van der Waals surface area contributed by atoms with E-state index in [1.165, 1.54) is 49.3 Å². The van der Waals surface area contributed by atoms with Gasteiger partial charge in [0.15, 0.2) is 11.6 Å². The Morgan fingerprint density at radius 3 is 2.61 bits per heavy atom. The number of fused-ring (bicyclic) bond motifs is 1. The van der Waals surface area contributed by atoms with Crippen LogP contribution in [0, 0.1) is 5.82 Å². The van der Waals surface area contributed by atoms with Gasteiger partial charge in [0.25, 0.3) is 5.56 Å². The van der Waals surface area contributed by atoms with E-state index < -0.39 is 11.4 Å². The Labute approximate surface area is 212 Å². The zero-order chi connectivity index (χ0) is 26.4. The lowest BCUT2D eigenvalue weighted by atomic mass is 10.0. The number of carbonyl (C=O) groups is 1. The number of anilines is 1. The van der Waals surface area contributed by atoms with Gasteiger partial charge >= 0.3 is 0 Å². The number of nitrogens with zero attached hydrogens (tertiary/aromatic N) is 3. The van der Waals surface area contributed by atoms with Crippen LogP contribution in [0.25, 0.3) is 22.2 Å². The van der Waals surface area contributed by atoms with E-state index in [4.69, 9.17) is 14.2 Å². The molecule has 0 spiro atoms. The van der Waals surface area contributed by atoms with Gasteiger partial charge in [-0.3, -0.25) is 14.2 Å². The molecule has 1 aliphatic heterocycles. The van der Waals surface area contributed by atoms with Crippen molar-refractivity contribution >= 4 is 41.0 Å². The zero-order valence-electron chi connectivity index (χ0n) is 20.0.